The maximum atomic E-state index is 11.9. The minimum atomic E-state index is -0.204. The molecule has 0 bridgehead atoms. The van der Waals surface area contributed by atoms with E-state index in [1.165, 1.54) is 0 Å². The van der Waals surface area contributed by atoms with Crippen LogP contribution in [-0.2, 0) is 9.53 Å². The third kappa shape index (κ3) is 2.63. The highest BCUT2D eigenvalue weighted by Crippen LogP contribution is 2.38. The Kier molecular flexibility index (Phi) is 4.05. The summed E-state index contributed by atoms with van der Waals surface area (Å²) < 4.78 is 11.7. The Morgan fingerprint density at radius 1 is 1.59 bits per heavy atom. The van der Waals surface area contributed by atoms with Gasteiger partial charge in [-0.2, -0.15) is 0 Å². The van der Waals surface area contributed by atoms with Gasteiger partial charge in [-0.05, 0) is 41.8 Å². The Bertz CT molecular complexity index is 417. The third-order valence-corrected chi connectivity index (χ3v) is 3.45. The molecule has 1 aliphatic heterocycles. The van der Waals surface area contributed by atoms with Crippen LogP contribution in [0.1, 0.15) is 31.2 Å². The fourth-order valence-electron chi connectivity index (χ4n) is 2.06. The second kappa shape index (κ2) is 5.54. The molecule has 0 radical (unpaired) electrons. The molecule has 2 rings (SSSR count). The Morgan fingerprint density at radius 2 is 2.41 bits per heavy atom. The molecule has 0 N–H and O–H groups in total. The van der Waals surface area contributed by atoms with Crippen molar-refractivity contribution in [2.75, 3.05) is 13.2 Å². The van der Waals surface area contributed by atoms with Crippen molar-refractivity contribution >= 4 is 21.9 Å². The Morgan fingerprint density at radius 3 is 3.18 bits per heavy atom. The van der Waals surface area contributed by atoms with Crippen molar-refractivity contribution in [3.8, 4) is 5.75 Å². The van der Waals surface area contributed by atoms with Crippen LogP contribution in [0.3, 0.4) is 0 Å². The third-order valence-electron chi connectivity index (χ3n) is 2.83. The number of rotatable bonds is 2. The SMILES string of the molecule is CCOC(=O)C1CCCOc2c(Br)cccc21. The van der Waals surface area contributed by atoms with Crippen LogP contribution in [0.4, 0.5) is 0 Å². The van der Waals surface area contributed by atoms with Crippen LogP contribution in [0.25, 0.3) is 0 Å². The first-order chi connectivity index (χ1) is 8.24. The van der Waals surface area contributed by atoms with E-state index in [0.717, 1.165) is 28.6 Å². The monoisotopic (exact) mass is 298 g/mol. The molecule has 0 fully saturated rings. The summed E-state index contributed by atoms with van der Waals surface area (Å²) in [7, 11) is 0. The summed E-state index contributed by atoms with van der Waals surface area (Å²) in [6.45, 7) is 2.89. The molecule has 0 aromatic heterocycles. The molecule has 0 spiro atoms. The van der Waals surface area contributed by atoms with E-state index in [2.05, 4.69) is 15.9 Å². The van der Waals surface area contributed by atoms with Crippen molar-refractivity contribution in [1.82, 2.24) is 0 Å². The van der Waals surface area contributed by atoms with E-state index in [1.54, 1.807) is 0 Å². The summed E-state index contributed by atoms with van der Waals surface area (Å²) in [5, 5.41) is 0. The fourth-order valence-corrected chi connectivity index (χ4v) is 2.55. The Labute approximate surface area is 109 Å². The van der Waals surface area contributed by atoms with E-state index in [4.69, 9.17) is 9.47 Å². The standard InChI is InChI=1S/C13H15BrO3/c1-2-16-13(15)10-6-4-8-17-12-9(10)5-3-7-11(12)14/h3,5,7,10H,2,4,6,8H2,1H3. The van der Waals surface area contributed by atoms with Gasteiger partial charge in [-0.15, -0.1) is 0 Å². The summed E-state index contributed by atoms with van der Waals surface area (Å²) in [5.41, 5.74) is 0.926. The number of esters is 1. The maximum absolute atomic E-state index is 11.9. The number of carbonyl (C=O) groups is 1. The number of halogens is 1. The van der Waals surface area contributed by atoms with Crippen molar-refractivity contribution < 1.29 is 14.3 Å². The van der Waals surface area contributed by atoms with Gasteiger partial charge in [0.2, 0.25) is 0 Å². The molecule has 0 saturated carbocycles. The Hall–Kier alpha value is -1.03. The molecule has 1 heterocycles. The van der Waals surface area contributed by atoms with Crippen molar-refractivity contribution in [3.63, 3.8) is 0 Å². The van der Waals surface area contributed by atoms with E-state index >= 15 is 0 Å². The van der Waals surface area contributed by atoms with Gasteiger partial charge in [0.1, 0.15) is 5.75 Å². The number of hydrogen-bond acceptors (Lipinski definition) is 3. The molecule has 0 aliphatic carbocycles. The van der Waals surface area contributed by atoms with Gasteiger partial charge in [-0.3, -0.25) is 4.79 Å². The van der Waals surface area contributed by atoms with Gasteiger partial charge < -0.3 is 9.47 Å². The lowest BCUT2D eigenvalue weighted by Crippen LogP contribution is -2.15. The summed E-state index contributed by atoms with van der Waals surface area (Å²) in [5.74, 6) is 0.422. The number of carbonyl (C=O) groups excluding carboxylic acids is 1. The topological polar surface area (TPSA) is 35.5 Å². The highest BCUT2D eigenvalue weighted by atomic mass is 79.9. The molecule has 0 amide bonds. The van der Waals surface area contributed by atoms with Crippen molar-refractivity contribution in [3.05, 3.63) is 28.2 Å². The molecule has 1 atom stereocenters. The van der Waals surface area contributed by atoms with Gasteiger partial charge in [0.05, 0.1) is 23.6 Å². The van der Waals surface area contributed by atoms with Gasteiger partial charge in [0, 0.05) is 5.56 Å². The van der Waals surface area contributed by atoms with Gasteiger partial charge >= 0.3 is 5.97 Å². The zero-order valence-electron chi connectivity index (χ0n) is 9.74. The lowest BCUT2D eigenvalue weighted by molar-refractivity contribution is -0.145. The smallest absolute Gasteiger partial charge is 0.313 e. The number of benzene rings is 1. The molecule has 1 aromatic rings. The van der Waals surface area contributed by atoms with Gasteiger partial charge in [-0.1, -0.05) is 12.1 Å². The van der Waals surface area contributed by atoms with Crippen LogP contribution in [-0.4, -0.2) is 19.2 Å². The first-order valence-corrected chi connectivity index (χ1v) is 6.61. The lowest BCUT2D eigenvalue weighted by Gasteiger charge is -2.15. The van der Waals surface area contributed by atoms with Gasteiger partial charge in [0.25, 0.3) is 0 Å². The minimum absolute atomic E-state index is 0.155. The van der Waals surface area contributed by atoms with E-state index in [9.17, 15) is 4.79 Å². The molecular weight excluding hydrogens is 284 g/mol. The molecule has 1 aliphatic rings. The molecular formula is C13H15BrO3. The predicted octanol–water partition coefficient (Wildman–Crippen LogP) is 3.27. The van der Waals surface area contributed by atoms with Crippen LogP contribution in [0.5, 0.6) is 5.75 Å². The van der Waals surface area contributed by atoms with E-state index < -0.39 is 0 Å². The summed E-state index contributed by atoms with van der Waals surface area (Å²) in [4.78, 5) is 11.9. The molecule has 3 nitrogen and oxygen atoms in total. The number of para-hydroxylation sites is 1. The number of fused-ring (bicyclic) bond motifs is 1. The molecule has 1 unspecified atom stereocenters. The summed E-state index contributed by atoms with van der Waals surface area (Å²) >= 11 is 3.46. The molecule has 92 valence electrons. The van der Waals surface area contributed by atoms with Gasteiger partial charge in [-0.25, -0.2) is 0 Å². The molecule has 4 heteroatoms. The van der Waals surface area contributed by atoms with Crippen LogP contribution < -0.4 is 4.74 Å². The van der Waals surface area contributed by atoms with Crippen LogP contribution in [0.15, 0.2) is 22.7 Å². The van der Waals surface area contributed by atoms with E-state index in [-0.39, 0.29) is 11.9 Å². The molecule has 17 heavy (non-hydrogen) atoms. The van der Waals surface area contributed by atoms with Gasteiger partial charge in [0.15, 0.2) is 0 Å². The number of hydrogen-bond donors (Lipinski definition) is 0. The second-order valence-electron chi connectivity index (χ2n) is 3.95. The molecule has 0 saturated heterocycles. The lowest BCUT2D eigenvalue weighted by atomic mass is 9.94. The average Bonchev–Trinajstić information content (AvgIpc) is 2.52. The van der Waals surface area contributed by atoms with Crippen LogP contribution >= 0.6 is 15.9 Å². The van der Waals surface area contributed by atoms with E-state index in [1.807, 2.05) is 25.1 Å². The van der Waals surface area contributed by atoms with E-state index in [0.29, 0.717) is 13.2 Å². The normalized spacial score (nSPS) is 18.8. The average molecular weight is 299 g/mol. The second-order valence-corrected chi connectivity index (χ2v) is 4.81. The zero-order valence-corrected chi connectivity index (χ0v) is 11.3. The first kappa shape index (κ1) is 12.4. The maximum Gasteiger partial charge on any atom is 0.313 e. The summed E-state index contributed by atoms with van der Waals surface area (Å²) in [6.07, 6.45) is 1.65. The molecule has 1 aromatic carbocycles. The quantitative estimate of drug-likeness (QED) is 0.786. The first-order valence-electron chi connectivity index (χ1n) is 5.82. The number of ether oxygens (including phenoxy) is 2. The fraction of sp³-hybridized carbons (Fsp3) is 0.462. The van der Waals surface area contributed by atoms with Crippen molar-refractivity contribution in [2.24, 2.45) is 0 Å². The minimum Gasteiger partial charge on any atom is -0.492 e. The van der Waals surface area contributed by atoms with Crippen LogP contribution in [0.2, 0.25) is 0 Å². The predicted molar refractivity (Wildman–Crippen MR) is 68.2 cm³/mol. The van der Waals surface area contributed by atoms with Crippen molar-refractivity contribution in [1.29, 1.82) is 0 Å². The summed E-state index contributed by atoms with van der Waals surface area (Å²) in [6, 6.07) is 5.78. The highest BCUT2D eigenvalue weighted by molar-refractivity contribution is 9.10. The largest absolute Gasteiger partial charge is 0.492 e. The Balaban J connectivity index is 2.36. The van der Waals surface area contributed by atoms with Crippen molar-refractivity contribution in [2.45, 2.75) is 25.7 Å². The highest BCUT2D eigenvalue weighted by Gasteiger charge is 2.28. The van der Waals surface area contributed by atoms with Crippen LogP contribution in [0, 0.1) is 0 Å². The zero-order chi connectivity index (χ0) is 12.3.